The average Bonchev–Trinajstić information content (AvgIpc) is 2.99. The standard InChI is InChI=1S/C16H21N5O2/c22-16(2-5-20-6-4-18-13-20)21-7-8-23-11-14(10-21)9-15-1-3-17-12-19-15/h1,3-4,6,12-14H,2,5,7-11H2/t14-/m1/s1. The largest absolute Gasteiger partial charge is 0.379 e. The minimum absolute atomic E-state index is 0.164. The van der Waals surface area contributed by atoms with Crippen molar-refractivity contribution in [2.75, 3.05) is 26.3 Å². The molecule has 3 heterocycles. The maximum atomic E-state index is 12.5. The Morgan fingerprint density at radius 2 is 2.30 bits per heavy atom. The smallest absolute Gasteiger partial charge is 0.224 e. The third-order valence-electron chi connectivity index (χ3n) is 3.97. The maximum absolute atomic E-state index is 12.5. The first kappa shape index (κ1) is 15.6. The van der Waals surface area contributed by atoms with Crippen molar-refractivity contribution in [2.45, 2.75) is 19.4 Å². The van der Waals surface area contributed by atoms with Gasteiger partial charge >= 0.3 is 0 Å². The van der Waals surface area contributed by atoms with Crippen LogP contribution in [-0.4, -0.2) is 56.6 Å². The summed E-state index contributed by atoms with van der Waals surface area (Å²) in [5, 5.41) is 0. The van der Waals surface area contributed by atoms with E-state index in [1.165, 1.54) is 0 Å². The Labute approximate surface area is 135 Å². The zero-order chi connectivity index (χ0) is 15.9. The Balaban J connectivity index is 1.54. The molecule has 0 radical (unpaired) electrons. The van der Waals surface area contributed by atoms with Gasteiger partial charge in [-0.2, -0.15) is 0 Å². The number of nitrogens with zero attached hydrogens (tertiary/aromatic N) is 5. The maximum Gasteiger partial charge on any atom is 0.224 e. The Morgan fingerprint density at radius 3 is 3.09 bits per heavy atom. The number of amides is 1. The first-order chi connectivity index (χ1) is 11.3. The van der Waals surface area contributed by atoms with Gasteiger partial charge in [0.25, 0.3) is 0 Å². The number of hydrogen-bond donors (Lipinski definition) is 0. The molecule has 0 spiro atoms. The van der Waals surface area contributed by atoms with Gasteiger partial charge in [0.1, 0.15) is 6.33 Å². The van der Waals surface area contributed by atoms with Crippen LogP contribution in [0.2, 0.25) is 0 Å². The van der Waals surface area contributed by atoms with Crippen molar-refractivity contribution >= 4 is 5.91 Å². The minimum Gasteiger partial charge on any atom is -0.379 e. The van der Waals surface area contributed by atoms with Crippen molar-refractivity contribution in [2.24, 2.45) is 5.92 Å². The molecule has 0 saturated carbocycles. The summed E-state index contributed by atoms with van der Waals surface area (Å²) in [5.41, 5.74) is 0.987. The van der Waals surface area contributed by atoms with Crippen LogP contribution in [-0.2, 0) is 22.5 Å². The molecule has 2 aromatic rings. The van der Waals surface area contributed by atoms with E-state index in [0.717, 1.165) is 12.1 Å². The van der Waals surface area contributed by atoms with Gasteiger partial charge in [-0.15, -0.1) is 0 Å². The number of hydrogen-bond acceptors (Lipinski definition) is 5. The molecule has 23 heavy (non-hydrogen) atoms. The molecule has 0 N–H and O–H groups in total. The molecule has 1 aliphatic rings. The summed E-state index contributed by atoms with van der Waals surface area (Å²) in [6.45, 7) is 3.29. The van der Waals surface area contributed by atoms with E-state index in [-0.39, 0.29) is 11.8 Å². The van der Waals surface area contributed by atoms with Crippen LogP contribution in [0.5, 0.6) is 0 Å². The number of imidazole rings is 1. The van der Waals surface area contributed by atoms with Crippen molar-refractivity contribution in [1.82, 2.24) is 24.4 Å². The molecule has 0 bridgehead atoms. The molecule has 2 aromatic heterocycles. The van der Waals surface area contributed by atoms with Gasteiger partial charge in [-0.05, 0) is 12.5 Å². The summed E-state index contributed by atoms with van der Waals surface area (Å²) < 4.78 is 7.58. The molecule has 1 saturated heterocycles. The van der Waals surface area contributed by atoms with E-state index in [4.69, 9.17) is 4.74 Å². The molecule has 0 aromatic carbocycles. The second-order valence-electron chi connectivity index (χ2n) is 5.74. The van der Waals surface area contributed by atoms with Crippen molar-refractivity contribution in [3.05, 3.63) is 43.0 Å². The lowest BCUT2D eigenvalue weighted by atomic mass is 10.0. The van der Waals surface area contributed by atoms with E-state index in [9.17, 15) is 4.79 Å². The molecule has 1 amide bonds. The fourth-order valence-corrected chi connectivity index (χ4v) is 2.77. The number of aryl methyl sites for hydroxylation is 1. The number of rotatable bonds is 5. The summed E-state index contributed by atoms with van der Waals surface area (Å²) >= 11 is 0. The Hall–Kier alpha value is -2.28. The summed E-state index contributed by atoms with van der Waals surface area (Å²) in [7, 11) is 0. The molecule has 122 valence electrons. The van der Waals surface area contributed by atoms with Gasteiger partial charge in [0.2, 0.25) is 5.91 Å². The summed E-state index contributed by atoms with van der Waals surface area (Å²) in [4.78, 5) is 26.6. The lowest BCUT2D eigenvalue weighted by Crippen LogP contribution is -2.36. The number of carbonyl (C=O) groups excluding carboxylic acids is 1. The van der Waals surface area contributed by atoms with Crippen LogP contribution in [0.25, 0.3) is 0 Å². The normalized spacial score (nSPS) is 18.6. The molecular weight excluding hydrogens is 294 g/mol. The minimum atomic E-state index is 0.164. The fraction of sp³-hybridized carbons (Fsp3) is 0.500. The molecule has 1 aliphatic heterocycles. The Morgan fingerprint density at radius 1 is 1.35 bits per heavy atom. The highest BCUT2D eigenvalue weighted by atomic mass is 16.5. The zero-order valence-electron chi connectivity index (χ0n) is 13.0. The van der Waals surface area contributed by atoms with Crippen molar-refractivity contribution in [1.29, 1.82) is 0 Å². The SMILES string of the molecule is O=C(CCn1ccnc1)N1CCOC[C@H](Cc2ccncn2)C1. The molecule has 1 fully saturated rings. The van der Waals surface area contributed by atoms with Gasteiger partial charge in [-0.1, -0.05) is 0 Å². The number of aromatic nitrogens is 4. The van der Waals surface area contributed by atoms with Crippen LogP contribution in [0.15, 0.2) is 37.3 Å². The van der Waals surface area contributed by atoms with Crippen LogP contribution in [0.3, 0.4) is 0 Å². The van der Waals surface area contributed by atoms with Crippen LogP contribution in [0.1, 0.15) is 12.1 Å². The molecule has 0 unspecified atom stereocenters. The zero-order valence-corrected chi connectivity index (χ0v) is 13.0. The molecular formula is C16H21N5O2. The molecule has 7 nitrogen and oxygen atoms in total. The van der Waals surface area contributed by atoms with Crippen LogP contribution >= 0.6 is 0 Å². The van der Waals surface area contributed by atoms with Gasteiger partial charge in [0, 0.05) is 56.3 Å². The highest BCUT2D eigenvalue weighted by Crippen LogP contribution is 2.13. The second kappa shape index (κ2) is 7.82. The number of carbonyl (C=O) groups is 1. The average molecular weight is 315 g/mol. The second-order valence-corrected chi connectivity index (χ2v) is 5.74. The third-order valence-corrected chi connectivity index (χ3v) is 3.97. The van der Waals surface area contributed by atoms with Crippen LogP contribution in [0, 0.1) is 5.92 Å². The van der Waals surface area contributed by atoms with Crippen molar-refractivity contribution in [3.63, 3.8) is 0 Å². The molecule has 1 atom stereocenters. The van der Waals surface area contributed by atoms with E-state index >= 15 is 0 Å². The summed E-state index contributed by atoms with van der Waals surface area (Å²) in [6.07, 6.45) is 9.91. The fourth-order valence-electron chi connectivity index (χ4n) is 2.77. The predicted octanol–water partition coefficient (Wildman–Crippen LogP) is 0.781. The van der Waals surface area contributed by atoms with Crippen LogP contribution < -0.4 is 0 Å². The van der Waals surface area contributed by atoms with E-state index in [1.54, 1.807) is 25.0 Å². The van der Waals surface area contributed by atoms with Gasteiger partial charge in [0.05, 0.1) is 19.5 Å². The lowest BCUT2D eigenvalue weighted by Gasteiger charge is -2.23. The van der Waals surface area contributed by atoms with Gasteiger partial charge in [-0.25, -0.2) is 15.0 Å². The first-order valence-electron chi connectivity index (χ1n) is 7.87. The topological polar surface area (TPSA) is 73.1 Å². The van der Waals surface area contributed by atoms with E-state index < -0.39 is 0 Å². The summed E-state index contributed by atoms with van der Waals surface area (Å²) in [5.74, 6) is 0.432. The van der Waals surface area contributed by atoms with E-state index in [2.05, 4.69) is 15.0 Å². The van der Waals surface area contributed by atoms with E-state index in [1.807, 2.05) is 21.7 Å². The highest BCUT2D eigenvalue weighted by Gasteiger charge is 2.22. The summed E-state index contributed by atoms with van der Waals surface area (Å²) in [6, 6.07) is 1.91. The Kier molecular flexibility index (Phi) is 5.31. The number of ether oxygens (including phenoxy) is 1. The monoisotopic (exact) mass is 315 g/mol. The van der Waals surface area contributed by atoms with Crippen LogP contribution in [0.4, 0.5) is 0 Å². The lowest BCUT2D eigenvalue weighted by molar-refractivity contribution is -0.131. The third kappa shape index (κ3) is 4.59. The molecule has 3 rings (SSSR count). The van der Waals surface area contributed by atoms with Gasteiger partial charge in [0.15, 0.2) is 0 Å². The van der Waals surface area contributed by atoms with E-state index in [0.29, 0.717) is 39.3 Å². The molecule has 7 heteroatoms. The van der Waals surface area contributed by atoms with Crippen molar-refractivity contribution in [3.8, 4) is 0 Å². The Bertz CT molecular complexity index is 602. The molecule has 0 aliphatic carbocycles. The first-order valence-corrected chi connectivity index (χ1v) is 7.87. The predicted molar refractivity (Wildman–Crippen MR) is 83.5 cm³/mol. The van der Waals surface area contributed by atoms with Gasteiger partial charge < -0.3 is 14.2 Å². The quantitative estimate of drug-likeness (QED) is 0.815. The van der Waals surface area contributed by atoms with Crippen molar-refractivity contribution < 1.29 is 9.53 Å². The highest BCUT2D eigenvalue weighted by molar-refractivity contribution is 5.76. The van der Waals surface area contributed by atoms with Gasteiger partial charge in [-0.3, -0.25) is 4.79 Å².